The molecule has 4 aromatic rings. The van der Waals surface area contributed by atoms with Crippen LogP contribution in [-0.4, -0.2) is 68.7 Å². The molecule has 2 atom stereocenters. The lowest BCUT2D eigenvalue weighted by atomic mass is 9.85. The van der Waals surface area contributed by atoms with Crippen molar-refractivity contribution in [2.75, 3.05) is 41.0 Å². The Hall–Kier alpha value is -3.94. The fourth-order valence-corrected chi connectivity index (χ4v) is 7.62. The highest BCUT2D eigenvalue weighted by molar-refractivity contribution is 7.14. The van der Waals surface area contributed by atoms with Crippen molar-refractivity contribution in [2.24, 2.45) is 0 Å². The van der Waals surface area contributed by atoms with Crippen LogP contribution in [0.4, 0.5) is 4.39 Å². The zero-order valence-electron chi connectivity index (χ0n) is 27.8. The average molecular weight is 747 g/mol. The molecule has 1 fully saturated rings. The van der Waals surface area contributed by atoms with Crippen LogP contribution < -0.4 is 24.6 Å². The van der Waals surface area contributed by atoms with Gasteiger partial charge in [0.1, 0.15) is 28.4 Å². The van der Waals surface area contributed by atoms with Crippen LogP contribution >= 0.6 is 34.5 Å². The van der Waals surface area contributed by atoms with Gasteiger partial charge < -0.3 is 29.0 Å². The van der Waals surface area contributed by atoms with Gasteiger partial charge >= 0.3 is 5.97 Å². The first-order valence-electron chi connectivity index (χ1n) is 15.9. The molecule has 0 spiro atoms. The van der Waals surface area contributed by atoms with Crippen LogP contribution in [0.3, 0.4) is 0 Å². The molecule has 266 valence electrons. The molecule has 10 nitrogen and oxygen atoms in total. The number of carbonyl (C=O) groups is 2. The Balaban J connectivity index is 1.47. The number of methoxy groups -OCH3 is 2. The zero-order chi connectivity index (χ0) is 36.0. The van der Waals surface area contributed by atoms with E-state index < -0.39 is 29.6 Å². The van der Waals surface area contributed by atoms with Crippen LogP contribution in [0.2, 0.25) is 10.0 Å². The molecule has 0 saturated carbocycles. The Morgan fingerprint density at radius 1 is 1.04 bits per heavy atom. The summed E-state index contributed by atoms with van der Waals surface area (Å²) < 4.78 is 32.7. The first kappa shape index (κ1) is 37.3. The Bertz CT molecular complexity index is 1800. The molecular formula is C36H38Cl2FN3O7S. The number of pyridine rings is 1. The number of likely N-dealkylation sites (tertiary alicyclic amines) is 1. The van der Waals surface area contributed by atoms with E-state index in [0.29, 0.717) is 51.7 Å². The van der Waals surface area contributed by atoms with Crippen molar-refractivity contribution < 1.29 is 43.2 Å². The number of esters is 1. The fraction of sp³-hybridized carbons (Fsp3) is 0.361. The van der Waals surface area contributed by atoms with Gasteiger partial charge in [0, 0.05) is 40.7 Å². The Labute approximate surface area is 303 Å². The highest BCUT2D eigenvalue weighted by Gasteiger charge is 2.36. The maximum Gasteiger partial charge on any atom is 0.327 e. The van der Waals surface area contributed by atoms with Gasteiger partial charge in [-0.15, -0.1) is 11.3 Å². The number of carbonyl (C=O) groups excluding carboxylic acids is 2. The van der Waals surface area contributed by atoms with Crippen molar-refractivity contribution in [1.82, 2.24) is 10.2 Å². The quantitative estimate of drug-likeness (QED) is 0.103. The third-order valence-electron chi connectivity index (χ3n) is 8.86. The molecule has 3 heterocycles. The molecule has 0 aliphatic carbocycles. The minimum Gasteiger partial charge on any atom is -0.544 e. The lowest BCUT2D eigenvalue weighted by Gasteiger charge is -2.34. The first-order valence-corrected chi connectivity index (χ1v) is 17.4. The van der Waals surface area contributed by atoms with Crippen LogP contribution in [0, 0.1) is 0 Å². The summed E-state index contributed by atoms with van der Waals surface area (Å²) in [6.07, 6.45) is 3.27. The molecular weight excluding hydrogens is 708 g/mol. The monoisotopic (exact) mass is 745 g/mol. The highest BCUT2D eigenvalue weighted by atomic mass is 35.5. The van der Waals surface area contributed by atoms with Crippen molar-refractivity contribution in [3.63, 3.8) is 0 Å². The predicted octanol–water partition coefficient (Wildman–Crippen LogP) is 5.14. The van der Waals surface area contributed by atoms with Gasteiger partial charge in [-0.3, -0.25) is 10.5 Å². The van der Waals surface area contributed by atoms with E-state index in [1.165, 1.54) is 26.6 Å². The van der Waals surface area contributed by atoms with E-state index in [2.05, 4.69) is 5.32 Å². The topological polar surface area (TPSA) is 124 Å². The summed E-state index contributed by atoms with van der Waals surface area (Å²) in [6, 6.07) is 15.0. The van der Waals surface area contributed by atoms with Gasteiger partial charge in [0.15, 0.2) is 11.5 Å². The number of nitrogens with zero attached hydrogens (tertiary/aromatic N) is 2. The van der Waals surface area contributed by atoms with Crippen LogP contribution in [0.15, 0.2) is 67.0 Å². The van der Waals surface area contributed by atoms with E-state index in [1.807, 2.05) is 18.0 Å². The predicted molar refractivity (Wildman–Crippen MR) is 185 cm³/mol. The summed E-state index contributed by atoms with van der Waals surface area (Å²) in [5.41, 5.74) is 0.595. The molecule has 50 heavy (non-hydrogen) atoms. The maximum absolute atomic E-state index is 15.4. The fourth-order valence-electron chi connectivity index (χ4n) is 6.01. The van der Waals surface area contributed by atoms with Crippen LogP contribution in [0.5, 0.6) is 11.5 Å². The molecule has 1 aliphatic heterocycles. The van der Waals surface area contributed by atoms with E-state index >= 15 is 4.39 Å². The third kappa shape index (κ3) is 8.85. The van der Waals surface area contributed by atoms with Gasteiger partial charge in [0.05, 0.1) is 25.1 Å². The van der Waals surface area contributed by atoms with E-state index in [4.69, 9.17) is 37.4 Å². The summed E-state index contributed by atoms with van der Waals surface area (Å²) >= 11 is 14.0. The lowest BCUT2D eigenvalue weighted by Crippen LogP contribution is -2.44. The third-order valence-corrected chi connectivity index (χ3v) is 10.6. The van der Waals surface area contributed by atoms with Crippen LogP contribution in [0.1, 0.15) is 61.6 Å². The highest BCUT2D eigenvalue weighted by Crippen LogP contribution is 2.41. The molecule has 0 amide bonds. The van der Waals surface area contributed by atoms with Gasteiger partial charge in [-0.05, 0) is 61.2 Å². The van der Waals surface area contributed by atoms with Crippen LogP contribution in [0.25, 0.3) is 0 Å². The minimum atomic E-state index is -1.60. The van der Waals surface area contributed by atoms with Crippen molar-refractivity contribution in [2.45, 2.75) is 43.4 Å². The number of aromatic carboxylic acids is 1. The minimum absolute atomic E-state index is 0.0255. The van der Waals surface area contributed by atoms with Crippen LogP contribution in [-0.2, 0) is 22.5 Å². The standard InChI is InChI=1S/C36H38Cl2FN3O7S/c1-41-13-11-36(39,12-14-41)21-49-35(45)32(22-7-5-4-6-8-22)40-18-24-16-26(33(50-24)34(43)44)25(17-27-28(37)19-42(46)20-29(27)38)23-9-10-30(47-2)31(15-23)48-3/h4-10,15-16,19-20,25,32,40H,11-14,17-18,21H2,1-3H3,(H-,43,44,46)/t25-,32?/m0/s1. The van der Waals surface area contributed by atoms with Gasteiger partial charge in [-0.2, -0.15) is 0 Å². The van der Waals surface area contributed by atoms with Gasteiger partial charge in [-0.25, -0.2) is 9.18 Å². The molecule has 0 bridgehead atoms. The number of carboxylic acids is 1. The second-order valence-electron chi connectivity index (χ2n) is 12.3. The molecule has 1 unspecified atom stereocenters. The second-order valence-corrected chi connectivity index (χ2v) is 14.2. The number of alkyl halides is 1. The van der Waals surface area contributed by atoms with E-state index in [9.17, 15) is 19.9 Å². The number of hydrogen-bond acceptors (Lipinski definition) is 10. The number of ether oxygens (including phenoxy) is 3. The zero-order valence-corrected chi connectivity index (χ0v) is 30.1. The Morgan fingerprint density at radius 2 is 1.70 bits per heavy atom. The Morgan fingerprint density at radius 3 is 2.32 bits per heavy atom. The molecule has 5 rings (SSSR count). The molecule has 2 N–H and O–H groups in total. The smallest absolute Gasteiger partial charge is 0.327 e. The van der Waals surface area contributed by atoms with Crippen molar-refractivity contribution in [1.29, 1.82) is 0 Å². The first-order chi connectivity index (χ1) is 23.9. The number of halogens is 3. The molecule has 0 radical (unpaired) electrons. The largest absolute Gasteiger partial charge is 0.544 e. The summed E-state index contributed by atoms with van der Waals surface area (Å²) in [7, 11) is 4.94. The van der Waals surface area contributed by atoms with Gasteiger partial charge in [0.2, 0.25) is 12.4 Å². The average Bonchev–Trinajstić information content (AvgIpc) is 3.53. The SMILES string of the molecule is COc1ccc([C@H](Cc2c(Cl)c[n+](O)cc2Cl)c2cc(CNC(C(=O)OCC3(F)CCN(C)CC3)c3ccccc3)sc2C(=O)[O-])cc1OC. The lowest BCUT2D eigenvalue weighted by molar-refractivity contribution is -0.904. The van der Waals surface area contributed by atoms with E-state index in [-0.39, 0.29) is 47.3 Å². The number of rotatable bonds is 14. The van der Waals surface area contributed by atoms with Crippen molar-refractivity contribution in [3.05, 3.63) is 109 Å². The molecule has 1 aliphatic rings. The van der Waals surface area contributed by atoms with E-state index in [1.54, 1.807) is 48.5 Å². The van der Waals surface area contributed by atoms with Crippen molar-refractivity contribution in [3.8, 4) is 11.5 Å². The summed E-state index contributed by atoms with van der Waals surface area (Å²) in [5, 5.41) is 26.1. The van der Waals surface area contributed by atoms with Crippen molar-refractivity contribution >= 4 is 46.5 Å². The molecule has 14 heteroatoms. The second kappa shape index (κ2) is 16.4. The molecule has 2 aromatic heterocycles. The number of thiophene rings is 1. The number of benzene rings is 2. The maximum atomic E-state index is 15.4. The normalized spacial score (nSPS) is 15.6. The summed E-state index contributed by atoms with van der Waals surface area (Å²) in [4.78, 5) is 28.7. The number of carboxylic acid groups (broad SMARTS) is 1. The van der Waals surface area contributed by atoms with Gasteiger partial charge in [-0.1, -0.05) is 59.6 Å². The number of nitrogens with one attached hydrogen (secondary N) is 1. The Kier molecular flexibility index (Phi) is 12.2. The summed E-state index contributed by atoms with van der Waals surface area (Å²) in [6.45, 7) is 0.881. The van der Waals surface area contributed by atoms with E-state index in [0.717, 1.165) is 16.1 Å². The summed E-state index contributed by atoms with van der Waals surface area (Å²) in [5.74, 6) is -1.73. The molecule has 2 aromatic carbocycles. The molecule has 1 saturated heterocycles. The van der Waals surface area contributed by atoms with Gasteiger partial charge in [0.25, 0.3) is 0 Å². The number of aromatic nitrogens is 1. The number of piperidine rings is 1. The number of hydrogen-bond donors (Lipinski definition) is 2.